The molecule has 0 spiro atoms. The van der Waals surface area contributed by atoms with Gasteiger partial charge in [-0.1, -0.05) is 37.4 Å². The molecule has 158 valence electrons. The molecule has 0 N–H and O–H groups in total. The van der Waals surface area contributed by atoms with Crippen molar-refractivity contribution in [1.82, 2.24) is 9.38 Å². The van der Waals surface area contributed by atoms with Crippen LogP contribution < -0.4 is 4.74 Å². The summed E-state index contributed by atoms with van der Waals surface area (Å²) in [7, 11) is 0. The molecule has 30 heavy (non-hydrogen) atoms. The highest BCUT2D eigenvalue weighted by molar-refractivity contribution is 6.30. The SMILES string of the molecule is CCCC[C@H]1COC(c2c(C)nc3c(OCc4c(F)cccc4F)cc(Cl)cn23)=N1. The number of pyridine rings is 1. The monoisotopic (exact) mass is 433 g/mol. The lowest BCUT2D eigenvalue weighted by molar-refractivity contribution is 0.294. The molecule has 5 nitrogen and oxygen atoms in total. The first kappa shape index (κ1) is 20.6. The zero-order valence-electron chi connectivity index (χ0n) is 16.8. The molecule has 8 heteroatoms. The number of hydrogen-bond acceptors (Lipinski definition) is 4. The number of fused-ring (bicyclic) bond motifs is 1. The van der Waals surface area contributed by atoms with Gasteiger partial charge in [0.2, 0.25) is 5.90 Å². The van der Waals surface area contributed by atoms with Gasteiger partial charge in [0.15, 0.2) is 11.4 Å². The number of rotatable bonds is 7. The summed E-state index contributed by atoms with van der Waals surface area (Å²) in [4.78, 5) is 9.28. The second-order valence-corrected chi connectivity index (χ2v) is 7.73. The summed E-state index contributed by atoms with van der Waals surface area (Å²) in [5.74, 6) is -0.490. The third kappa shape index (κ3) is 3.99. The van der Waals surface area contributed by atoms with Crippen LogP contribution in [0, 0.1) is 18.6 Å². The van der Waals surface area contributed by atoms with Gasteiger partial charge in [0, 0.05) is 12.3 Å². The lowest BCUT2D eigenvalue weighted by atomic mass is 10.1. The summed E-state index contributed by atoms with van der Waals surface area (Å²) >= 11 is 6.30. The van der Waals surface area contributed by atoms with Crippen molar-refractivity contribution in [2.45, 2.75) is 45.8 Å². The number of benzene rings is 1. The van der Waals surface area contributed by atoms with Crippen molar-refractivity contribution in [3.63, 3.8) is 0 Å². The molecule has 2 aromatic heterocycles. The number of ether oxygens (including phenoxy) is 2. The Morgan fingerprint density at radius 2 is 2.07 bits per heavy atom. The summed E-state index contributed by atoms with van der Waals surface area (Å²) in [6, 6.07) is 5.40. The van der Waals surface area contributed by atoms with E-state index in [4.69, 9.17) is 26.1 Å². The van der Waals surface area contributed by atoms with E-state index in [0.717, 1.165) is 19.3 Å². The first-order valence-corrected chi connectivity index (χ1v) is 10.3. The molecular weight excluding hydrogens is 412 g/mol. The van der Waals surface area contributed by atoms with E-state index in [-0.39, 0.29) is 18.2 Å². The zero-order chi connectivity index (χ0) is 21.3. The van der Waals surface area contributed by atoms with Crippen LogP contribution in [-0.4, -0.2) is 27.9 Å². The molecule has 0 aliphatic carbocycles. The van der Waals surface area contributed by atoms with E-state index < -0.39 is 11.6 Å². The molecule has 0 bridgehead atoms. The minimum atomic E-state index is -0.667. The first-order chi connectivity index (χ1) is 14.5. The van der Waals surface area contributed by atoms with Crippen LogP contribution in [-0.2, 0) is 11.3 Å². The van der Waals surface area contributed by atoms with E-state index in [1.165, 1.54) is 18.2 Å². The van der Waals surface area contributed by atoms with Crippen molar-refractivity contribution in [3.05, 3.63) is 64.1 Å². The van der Waals surface area contributed by atoms with E-state index >= 15 is 0 Å². The number of unbranched alkanes of at least 4 members (excludes halogenated alkanes) is 1. The van der Waals surface area contributed by atoms with Crippen LogP contribution in [0.15, 0.2) is 35.5 Å². The van der Waals surface area contributed by atoms with E-state index in [1.54, 1.807) is 16.7 Å². The molecule has 3 heterocycles. The predicted molar refractivity (Wildman–Crippen MR) is 111 cm³/mol. The highest BCUT2D eigenvalue weighted by Gasteiger charge is 2.26. The first-order valence-electron chi connectivity index (χ1n) is 9.92. The van der Waals surface area contributed by atoms with Crippen LogP contribution in [0.3, 0.4) is 0 Å². The Balaban J connectivity index is 1.68. The average molecular weight is 434 g/mol. The van der Waals surface area contributed by atoms with Crippen molar-refractivity contribution in [2.75, 3.05) is 6.61 Å². The Morgan fingerprint density at radius 1 is 1.30 bits per heavy atom. The van der Waals surface area contributed by atoms with Gasteiger partial charge in [-0.2, -0.15) is 0 Å². The Kier molecular flexibility index (Phi) is 5.90. The fourth-order valence-corrected chi connectivity index (χ4v) is 3.71. The fourth-order valence-electron chi connectivity index (χ4n) is 3.51. The fraction of sp³-hybridized carbons (Fsp3) is 0.364. The summed E-state index contributed by atoms with van der Waals surface area (Å²) in [5.41, 5.74) is 1.73. The third-order valence-corrected chi connectivity index (χ3v) is 5.27. The number of nitrogens with zero attached hydrogens (tertiary/aromatic N) is 3. The molecule has 4 rings (SSSR count). The Morgan fingerprint density at radius 3 is 2.80 bits per heavy atom. The number of aryl methyl sites for hydroxylation is 1. The standard InChI is InChI=1S/C22H22ClF2N3O2/c1-3-4-6-15-11-30-22(27-15)20-13(2)26-21-19(9-14(23)10-28(20)21)29-12-16-17(24)7-5-8-18(16)25/h5,7-10,15H,3-4,6,11-12H2,1-2H3/t15-/m0/s1. The highest BCUT2D eigenvalue weighted by atomic mass is 35.5. The lowest BCUT2D eigenvalue weighted by Gasteiger charge is -2.10. The van der Waals surface area contributed by atoms with E-state index in [0.29, 0.717) is 40.3 Å². The van der Waals surface area contributed by atoms with Gasteiger partial charge in [0.25, 0.3) is 0 Å². The molecule has 0 fully saturated rings. The van der Waals surface area contributed by atoms with Crippen molar-refractivity contribution in [1.29, 1.82) is 0 Å². The molecule has 1 atom stereocenters. The average Bonchev–Trinajstić information content (AvgIpc) is 3.29. The largest absolute Gasteiger partial charge is 0.485 e. The number of halogens is 3. The second-order valence-electron chi connectivity index (χ2n) is 7.29. The second kappa shape index (κ2) is 8.60. The molecule has 0 amide bonds. The van der Waals surface area contributed by atoms with Gasteiger partial charge in [0.1, 0.15) is 30.5 Å². The van der Waals surface area contributed by atoms with Crippen LogP contribution in [0.1, 0.15) is 43.1 Å². The number of hydrogen-bond donors (Lipinski definition) is 0. The summed E-state index contributed by atoms with van der Waals surface area (Å²) in [5, 5.41) is 0.395. The van der Waals surface area contributed by atoms with Crippen LogP contribution in [0.25, 0.3) is 5.65 Å². The Hall–Kier alpha value is -2.67. The molecule has 0 saturated carbocycles. The molecule has 1 aliphatic rings. The molecule has 1 aliphatic heterocycles. The van der Waals surface area contributed by atoms with Gasteiger partial charge in [-0.05, 0) is 25.5 Å². The van der Waals surface area contributed by atoms with Crippen molar-refractivity contribution >= 4 is 23.1 Å². The van der Waals surface area contributed by atoms with E-state index in [1.807, 2.05) is 6.92 Å². The van der Waals surface area contributed by atoms with Gasteiger partial charge in [-0.15, -0.1) is 0 Å². The van der Waals surface area contributed by atoms with E-state index in [2.05, 4.69) is 11.9 Å². The molecule has 0 unspecified atom stereocenters. The normalized spacial score (nSPS) is 16.0. The van der Waals surface area contributed by atoms with Crippen molar-refractivity contribution < 1.29 is 18.3 Å². The van der Waals surface area contributed by atoms with Crippen LogP contribution >= 0.6 is 11.6 Å². The minimum Gasteiger partial charge on any atom is -0.485 e. The van der Waals surface area contributed by atoms with Gasteiger partial charge < -0.3 is 9.47 Å². The summed E-state index contributed by atoms with van der Waals surface area (Å²) in [6.45, 7) is 4.25. The minimum absolute atomic E-state index is 0.129. The Bertz CT molecular complexity index is 1090. The van der Waals surface area contributed by atoms with Gasteiger partial charge >= 0.3 is 0 Å². The molecule has 1 aromatic carbocycles. The molecule has 0 saturated heterocycles. The maximum Gasteiger partial charge on any atom is 0.236 e. The number of aliphatic imine (C=N–C) groups is 1. The topological polar surface area (TPSA) is 48.1 Å². The quantitative estimate of drug-likeness (QED) is 0.495. The zero-order valence-corrected chi connectivity index (χ0v) is 17.5. The molecular formula is C22H22ClF2N3O2. The predicted octanol–water partition coefficient (Wildman–Crippen LogP) is 5.49. The van der Waals surface area contributed by atoms with Crippen molar-refractivity contribution in [2.24, 2.45) is 4.99 Å². The molecule has 0 radical (unpaired) electrons. The summed E-state index contributed by atoms with van der Waals surface area (Å²) in [6.07, 6.45) is 4.87. The van der Waals surface area contributed by atoms with Crippen LogP contribution in [0.5, 0.6) is 5.75 Å². The Labute approximate surface area is 178 Å². The maximum absolute atomic E-state index is 13.9. The van der Waals surface area contributed by atoms with Crippen LogP contribution in [0.2, 0.25) is 5.02 Å². The molecule has 3 aromatic rings. The van der Waals surface area contributed by atoms with Gasteiger partial charge in [-0.25, -0.2) is 18.8 Å². The van der Waals surface area contributed by atoms with Crippen molar-refractivity contribution in [3.8, 4) is 5.75 Å². The van der Waals surface area contributed by atoms with E-state index in [9.17, 15) is 8.78 Å². The number of imidazole rings is 1. The van der Waals surface area contributed by atoms with Gasteiger partial charge in [0.05, 0.1) is 22.3 Å². The maximum atomic E-state index is 13.9. The van der Waals surface area contributed by atoms with Gasteiger partial charge in [-0.3, -0.25) is 4.40 Å². The summed E-state index contributed by atoms with van der Waals surface area (Å²) < 4.78 is 41.2. The highest BCUT2D eigenvalue weighted by Crippen LogP contribution is 2.29. The van der Waals surface area contributed by atoms with Crippen LogP contribution in [0.4, 0.5) is 8.78 Å². The smallest absolute Gasteiger partial charge is 0.236 e. The number of aromatic nitrogens is 2. The lowest BCUT2D eigenvalue weighted by Crippen LogP contribution is -2.08. The third-order valence-electron chi connectivity index (χ3n) is 5.07.